The van der Waals surface area contributed by atoms with Crippen LogP contribution < -0.4 is 5.73 Å². The molecule has 0 fully saturated rings. The number of anilines is 1. The van der Waals surface area contributed by atoms with Crippen LogP contribution in [0.25, 0.3) is 0 Å². The van der Waals surface area contributed by atoms with Gasteiger partial charge in [0.25, 0.3) is 0 Å². The molecule has 7 heteroatoms. The standard InChI is InChI=1S/C11H8BrF3N2S/c12-9-2-1-7(11(13,14)15)3-6(9)4-8-5-17-10(16)18-8/h1-3,5H,4H2,(H2,16,17). The maximum absolute atomic E-state index is 12.6. The Bertz CT molecular complexity index is 566. The minimum absolute atomic E-state index is 0.374. The summed E-state index contributed by atoms with van der Waals surface area (Å²) in [4.78, 5) is 4.70. The number of alkyl halides is 3. The number of aromatic nitrogens is 1. The number of benzene rings is 1. The molecular weight excluding hydrogens is 329 g/mol. The smallest absolute Gasteiger partial charge is 0.375 e. The second-order valence-electron chi connectivity index (χ2n) is 3.65. The third-order valence-corrected chi connectivity index (χ3v) is 3.91. The molecule has 0 saturated heterocycles. The Labute approximate surface area is 114 Å². The molecular formula is C11H8BrF3N2S. The Kier molecular flexibility index (Phi) is 3.63. The number of nitrogen functional groups attached to an aromatic ring is 1. The number of nitrogens with zero attached hydrogens (tertiary/aromatic N) is 1. The van der Waals surface area contributed by atoms with E-state index in [2.05, 4.69) is 20.9 Å². The van der Waals surface area contributed by atoms with E-state index < -0.39 is 11.7 Å². The van der Waals surface area contributed by atoms with Crippen molar-refractivity contribution in [1.82, 2.24) is 4.98 Å². The van der Waals surface area contributed by atoms with Crippen molar-refractivity contribution < 1.29 is 13.2 Å². The first kappa shape index (κ1) is 13.4. The largest absolute Gasteiger partial charge is 0.416 e. The second-order valence-corrected chi connectivity index (χ2v) is 5.65. The van der Waals surface area contributed by atoms with E-state index in [1.54, 1.807) is 6.20 Å². The van der Waals surface area contributed by atoms with Gasteiger partial charge in [0.15, 0.2) is 5.13 Å². The lowest BCUT2D eigenvalue weighted by atomic mass is 10.1. The van der Waals surface area contributed by atoms with Gasteiger partial charge in [-0.1, -0.05) is 15.9 Å². The lowest BCUT2D eigenvalue weighted by Gasteiger charge is -2.09. The quantitative estimate of drug-likeness (QED) is 0.896. The van der Waals surface area contributed by atoms with Gasteiger partial charge in [-0.2, -0.15) is 13.2 Å². The molecule has 1 aromatic carbocycles. The van der Waals surface area contributed by atoms with E-state index in [0.717, 1.165) is 17.0 Å². The SMILES string of the molecule is Nc1ncc(Cc2cc(C(F)(F)F)ccc2Br)s1. The first-order valence-electron chi connectivity index (χ1n) is 4.92. The van der Waals surface area contributed by atoms with Crippen molar-refractivity contribution in [2.45, 2.75) is 12.6 Å². The van der Waals surface area contributed by atoms with Gasteiger partial charge in [0.05, 0.1) is 5.56 Å². The van der Waals surface area contributed by atoms with E-state index in [1.165, 1.54) is 17.4 Å². The van der Waals surface area contributed by atoms with E-state index in [9.17, 15) is 13.2 Å². The van der Waals surface area contributed by atoms with Gasteiger partial charge in [0, 0.05) is 22.0 Å². The zero-order chi connectivity index (χ0) is 13.3. The molecule has 0 bridgehead atoms. The van der Waals surface area contributed by atoms with Crippen LogP contribution in [0.2, 0.25) is 0 Å². The molecule has 0 radical (unpaired) electrons. The van der Waals surface area contributed by atoms with Crippen molar-refractivity contribution in [2.24, 2.45) is 0 Å². The van der Waals surface area contributed by atoms with Gasteiger partial charge in [-0.25, -0.2) is 4.98 Å². The van der Waals surface area contributed by atoms with Crippen LogP contribution in [-0.2, 0) is 12.6 Å². The normalized spacial score (nSPS) is 11.8. The summed E-state index contributed by atoms with van der Waals surface area (Å²) in [7, 11) is 0. The van der Waals surface area contributed by atoms with E-state index in [1.807, 2.05) is 0 Å². The molecule has 1 aromatic heterocycles. The van der Waals surface area contributed by atoms with Crippen LogP contribution >= 0.6 is 27.3 Å². The molecule has 0 unspecified atom stereocenters. The monoisotopic (exact) mass is 336 g/mol. The van der Waals surface area contributed by atoms with Gasteiger partial charge in [0.2, 0.25) is 0 Å². The van der Waals surface area contributed by atoms with Crippen molar-refractivity contribution in [2.75, 3.05) is 5.73 Å². The molecule has 0 aliphatic carbocycles. The van der Waals surface area contributed by atoms with Gasteiger partial charge in [-0.15, -0.1) is 11.3 Å². The molecule has 2 aromatic rings. The fourth-order valence-corrected chi connectivity index (χ4v) is 2.57. The third kappa shape index (κ3) is 3.02. The summed E-state index contributed by atoms with van der Waals surface area (Å²) in [6, 6.07) is 3.59. The fourth-order valence-electron chi connectivity index (χ4n) is 1.48. The molecule has 18 heavy (non-hydrogen) atoms. The molecule has 0 aliphatic rings. The molecule has 0 saturated carbocycles. The van der Waals surface area contributed by atoms with E-state index in [4.69, 9.17) is 5.73 Å². The van der Waals surface area contributed by atoms with Gasteiger partial charge >= 0.3 is 6.18 Å². The van der Waals surface area contributed by atoms with Crippen LogP contribution in [0.1, 0.15) is 16.0 Å². The predicted octanol–water partition coefficient (Wildman–Crippen LogP) is 4.10. The number of hydrogen-bond donors (Lipinski definition) is 1. The number of nitrogens with two attached hydrogens (primary N) is 1. The highest BCUT2D eigenvalue weighted by Crippen LogP contribution is 2.33. The zero-order valence-corrected chi connectivity index (χ0v) is 11.4. The molecule has 0 aliphatic heterocycles. The lowest BCUT2D eigenvalue weighted by Crippen LogP contribution is -2.05. The van der Waals surface area contributed by atoms with E-state index in [-0.39, 0.29) is 0 Å². The highest BCUT2D eigenvalue weighted by Gasteiger charge is 2.30. The summed E-state index contributed by atoms with van der Waals surface area (Å²) in [5.74, 6) is 0. The summed E-state index contributed by atoms with van der Waals surface area (Å²) in [6.45, 7) is 0. The first-order chi connectivity index (χ1) is 8.36. The molecule has 96 valence electrons. The first-order valence-corrected chi connectivity index (χ1v) is 6.53. The summed E-state index contributed by atoms with van der Waals surface area (Å²) in [6.07, 6.45) is -2.38. The molecule has 0 atom stereocenters. The molecule has 2 rings (SSSR count). The van der Waals surface area contributed by atoms with Crippen molar-refractivity contribution in [1.29, 1.82) is 0 Å². The van der Waals surface area contributed by atoms with Gasteiger partial charge in [0.1, 0.15) is 0 Å². The fraction of sp³-hybridized carbons (Fsp3) is 0.182. The maximum atomic E-state index is 12.6. The summed E-state index contributed by atoms with van der Waals surface area (Å²) < 4.78 is 38.4. The Balaban J connectivity index is 2.32. The summed E-state index contributed by atoms with van der Waals surface area (Å²) in [5.41, 5.74) is 5.39. The Hall–Kier alpha value is -1.08. The van der Waals surface area contributed by atoms with Gasteiger partial charge in [-0.3, -0.25) is 0 Å². The highest BCUT2D eigenvalue weighted by molar-refractivity contribution is 9.10. The van der Waals surface area contributed by atoms with Gasteiger partial charge in [-0.05, 0) is 23.8 Å². The van der Waals surface area contributed by atoms with Crippen molar-refractivity contribution in [3.8, 4) is 0 Å². The summed E-state index contributed by atoms with van der Waals surface area (Å²) in [5, 5.41) is 0.410. The number of halogens is 4. The van der Waals surface area contributed by atoms with Crippen LogP contribution in [0.3, 0.4) is 0 Å². The average Bonchev–Trinajstić information content (AvgIpc) is 2.66. The van der Waals surface area contributed by atoms with Gasteiger partial charge < -0.3 is 5.73 Å². The van der Waals surface area contributed by atoms with Crippen LogP contribution in [0.5, 0.6) is 0 Å². The minimum Gasteiger partial charge on any atom is -0.375 e. The average molecular weight is 337 g/mol. The Morgan fingerprint density at radius 2 is 2.06 bits per heavy atom. The predicted molar refractivity (Wildman–Crippen MR) is 68.5 cm³/mol. The lowest BCUT2D eigenvalue weighted by molar-refractivity contribution is -0.137. The molecule has 0 spiro atoms. The third-order valence-electron chi connectivity index (χ3n) is 2.31. The zero-order valence-electron chi connectivity index (χ0n) is 8.96. The molecule has 2 nitrogen and oxygen atoms in total. The second kappa shape index (κ2) is 4.89. The van der Waals surface area contributed by atoms with Crippen molar-refractivity contribution in [3.05, 3.63) is 44.9 Å². The molecule has 0 amide bonds. The number of rotatable bonds is 2. The van der Waals surface area contributed by atoms with Crippen LogP contribution in [0.15, 0.2) is 28.9 Å². The van der Waals surface area contributed by atoms with E-state index in [0.29, 0.717) is 21.6 Å². The van der Waals surface area contributed by atoms with Crippen LogP contribution in [0, 0.1) is 0 Å². The minimum atomic E-state index is -4.33. The molecule has 2 N–H and O–H groups in total. The highest BCUT2D eigenvalue weighted by atomic mass is 79.9. The Morgan fingerprint density at radius 1 is 1.33 bits per heavy atom. The van der Waals surface area contributed by atoms with Crippen LogP contribution in [-0.4, -0.2) is 4.98 Å². The van der Waals surface area contributed by atoms with Crippen molar-refractivity contribution in [3.63, 3.8) is 0 Å². The van der Waals surface area contributed by atoms with E-state index >= 15 is 0 Å². The van der Waals surface area contributed by atoms with Crippen molar-refractivity contribution >= 4 is 32.4 Å². The summed E-state index contributed by atoms with van der Waals surface area (Å²) >= 11 is 4.52. The molecule has 1 heterocycles. The topological polar surface area (TPSA) is 38.9 Å². The van der Waals surface area contributed by atoms with Crippen LogP contribution in [0.4, 0.5) is 18.3 Å². The maximum Gasteiger partial charge on any atom is 0.416 e. The number of thiazole rings is 1. The number of hydrogen-bond acceptors (Lipinski definition) is 3. The Morgan fingerprint density at radius 3 is 2.61 bits per heavy atom.